The summed E-state index contributed by atoms with van der Waals surface area (Å²) >= 11 is 3.22. The van der Waals surface area contributed by atoms with E-state index in [0.717, 1.165) is 18.4 Å². The second-order valence-corrected chi connectivity index (χ2v) is 9.13. The number of benzene rings is 2. The molecule has 0 amide bonds. The van der Waals surface area contributed by atoms with Crippen LogP contribution in [0.4, 0.5) is 5.69 Å². The number of aryl methyl sites for hydroxylation is 1. The molecule has 8 heteroatoms. The minimum Gasteiger partial charge on any atom is -0.420 e. The van der Waals surface area contributed by atoms with Gasteiger partial charge in [-0.15, -0.1) is 0 Å². The number of esters is 1. The number of hydrogen-bond donors (Lipinski definition) is 0. The monoisotopic (exact) mass is 472 g/mol. The van der Waals surface area contributed by atoms with E-state index in [1.54, 1.807) is 18.3 Å². The van der Waals surface area contributed by atoms with Gasteiger partial charge in [-0.05, 0) is 70.7 Å². The van der Waals surface area contributed by atoms with E-state index in [2.05, 4.69) is 20.9 Å². The molecule has 1 aliphatic rings. The SMILES string of the molecule is O=C(Oc1cccnc1Br)c1cccc(S(=O)(=O)N2CCCc3ccccc32)c1. The lowest BCUT2D eigenvalue weighted by Gasteiger charge is -2.30. The highest BCUT2D eigenvalue weighted by Crippen LogP contribution is 2.32. The average Bonchev–Trinajstić information content (AvgIpc) is 2.75. The number of carbonyl (C=O) groups is 1. The molecular weight excluding hydrogens is 456 g/mol. The van der Waals surface area contributed by atoms with Crippen LogP contribution in [-0.2, 0) is 16.4 Å². The zero-order valence-electron chi connectivity index (χ0n) is 15.3. The molecule has 148 valence electrons. The van der Waals surface area contributed by atoms with Crippen molar-refractivity contribution in [2.75, 3.05) is 10.8 Å². The summed E-state index contributed by atoms with van der Waals surface area (Å²) in [6.07, 6.45) is 3.15. The predicted octanol–water partition coefficient (Wildman–Crippen LogP) is 4.20. The maximum absolute atomic E-state index is 13.3. The maximum atomic E-state index is 13.3. The Labute approximate surface area is 177 Å². The molecule has 0 spiro atoms. The third-order valence-electron chi connectivity index (χ3n) is 4.65. The van der Waals surface area contributed by atoms with Crippen LogP contribution in [0.3, 0.4) is 0 Å². The summed E-state index contributed by atoms with van der Waals surface area (Å²) in [7, 11) is -3.81. The van der Waals surface area contributed by atoms with E-state index in [1.807, 2.05) is 24.3 Å². The zero-order valence-corrected chi connectivity index (χ0v) is 17.7. The molecule has 6 nitrogen and oxygen atoms in total. The Morgan fingerprint density at radius 3 is 2.72 bits per heavy atom. The second-order valence-electron chi connectivity index (χ2n) is 6.52. The van der Waals surface area contributed by atoms with Crippen molar-refractivity contribution in [1.82, 2.24) is 4.98 Å². The number of carbonyl (C=O) groups excluding carboxylic acids is 1. The molecule has 1 aliphatic heterocycles. The van der Waals surface area contributed by atoms with Crippen molar-refractivity contribution in [3.8, 4) is 5.75 Å². The van der Waals surface area contributed by atoms with E-state index in [-0.39, 0.29) is 16.2 Å². The normalized spacial score (nSPS) is 13.6. The van der Waals surface area contributed by atoms with Gasteiger partial charge in [0.05, 0.1) is 16.1 Å². The van der Waals surface area contributed by atoms with Crippen LogP contribution >= 0.6 is 15.9 Å². The Morgan fingerprint density at radius 2 is 1.90 bits per heavy atom. The van der Waals surface area contributed by atoms with Gasteiger partial charge in [0.1, 0.15) is 4.60 Å². The number of para-hydroxylation sites is 1. The van der Waals surface area contributed by atoms with E-state index in [0.29, 0.717) is 16.8 Å². The zero-order chi connectivity index (χ0) is 20.4. The summed E-state index contributed by atoms with van der Waals surface area (Å²) < 4.78 is 33.7. The molecule has 0 unspecified atom stereocenters. The number of nitrogens with zero attached hydrogens (tertiary/aromatic N) is 2. The molecule has 3 aromatic rings. The Morgan fingerprint density at radius 1 is 1.07 bits per heavy atom. The van der Waals surface area contributed by atoms with Crippen molar-refractivity contribution in [2.45, 2.75) is 17.7 Å². The van der Waals surface area contributed by atoms with Crippen molar-refractivity contribution in [2.24, 2.45) is 0 Å². The third kappa shape index (κ3) is 3.90. The number of ether oxygens (including phenoxy) is 1. The molecule has 0 bridgehead atoms. The fourth-order valence-corrected chi connectivity index (χ4v) is 5.18. The number of anilines is 1. The van der Waals surface area contributed by atoms with Crippen LogP contribution in [0.25, 0.3) is 0 Å². The second kappa shape index (κ2) is 7.96. The highest BCUT2D eigenvalue weighted by Gasteiger charge is 2.29. The molecule has 0 saturated heterocycles. The lowest BCUT2D eigenvalue weighted by atomic mass is 10.0. The molecule has 0 fully saturated rings. The van der Waals surface area contributed by atoms with Crippen LogP contribution in [0.2, 0.25) is 0 Å². The molecule has 29 heavy (non-hydrogen) atoms. The van der Waals surface area contributed by atoms with Crippen LogP contribution in [0, 0.1) is 0 Å². The molecule has 0 aliphatic carbocycles. The molecular formula is C21H17BrN2O4S. The largest absolute Gasteiger partial charge is 0.420 e. The predicted molar refractivity (Wildman–Crippen MR) is 113 cm³/mol. The molecule has 1 aromatic heterocycles. The first kappa shape index (κ1) is 19.6. The highest BCUT2D eigenvalue weighted by atomic mass is 79.9. The van der Waals surface area contributed by atoms with Crippen LogP contribution in [0.15, 0.2) is 76.4 Å². The van der Waals surface area contributed by atoms with E-state index >= 15 is 0 Å². The summed E-state index contributed by atoms with van der Waals surface area (Å²) in [6, 6.07) is 16.6. The Kier molecular flexibility index (Phi) is 5.38. The average molecular weight is 473 g/mol. The van der Waals surface area contributed by atoms with Crippen molar-refractivity contribution in [3.63, 3.8) is 0 Å². The van der Waals surface area contributed by atoms with Crippen LogP contribution in [0.5, 0.6) is 5.75 Å². The van der Waals surface area contributed by atoms with Gasteiger partial charge in [-0.1, -0.05) is 24.3 Å². The number of hydrogen-bond acceptors (Lipinski definition) is 5. The standard InChI is InChI=1S/C21H17BrN2O4S/c22-20-19(11-4-12-23-20)28-21(25)16-7-3-9-17(14-16)29(26,27)24-13-5-8-15-6-1-2-10-18(15)24/h1-4,6-7,9-12,14H,5,8,13H2. The minimum absolute atomic E-state index is 0.0499. The highest BCUT2D eigenvalue weighted by molar-refractivity contribution is 9.10. The van der Waals surface area contributed by atoms with Gasteiger partial charge in [0, 0.05) is 12.7 Å². The maximum Gasteiger partial charge on any atom is 0.343 e. The van der Waals surface area contributed by atoms with Crippen molar-refractivity contribution >= 4 is 37.6 Å². The fraction of sp³-hybridized carbons (Fsp3) is 0.143. The molecule has 0 N–H and O–H groups in total. The summed E-state index contributed by atoms with van der Waals surface area (Å²) in [6.45, 7) is 0.399. The summed E-state index contributed by atoms with van der Waals surface area (Å²) in [5.41, 5.74) is 1.83. The Hall–Kier alpha value is -2.71. The molecule has 0 radical (unpaired) electrons. The minimum atomic E-state index is -3.81. The van der Waals surface area contributed by atoms with Gasteiger partial charge in [-0.3, -0.25) is 4.31 Å². The van der Waals surface area contributed by atoms with Crippen LogP contribution in [0.1, 0.15) is 22.3 Å². The first-order valence-electron chi connectivity index (χ1n) is 9.00. The van der Waals surface area contributed by atoms with Gasteiger partial charge >= 0.3 is 5.97 Å². The van der Waals surface area contributed by atoms with E-state index < -0.39 is 16.0 Å². The molecule has 0 atom stereocenters. The van der Waals surface area contributed by atoms with Gasteiger partial charge in [0.25, 0.3) is 10.0 Å². The van der Waals surface area contributed by atoms with Gasteiger partial charge in [0.15, 0.2) is 5.75 Å². The number of pyridine rings is 1. The number of fused-ring (bicyclic) bond motifs is 1. The number of sulfonamides is 1. The summed E-state index contributed by atoms with van der Waals surface area (Å²) in [4.78, 5) is 16.6. The third-order valence-corrected chi connectivity index (χ3v) is 7.06. The topological polar surface area (TPSA) is 76.6 Å². The number of rotatable bonds is 4. The molecule has 0 saturated carbocycles. The van der Waals surface area contributed by atoms with Crippen LogP contribution < -0.4 is 9.04 Å². The number of aromatic nitrogens is 1. The lowest BCUT2D eigenvalue weighted by molar-refractivity contribution is 0.0732. The van der Waals surface area contributed by atoms with Crippen LogP contribution in [-0.4, -0.2) is 25.9 Å². The van der Waals surface area contributed by atoms with Gasteiger partial charge in [-0.2, -0.15) is 0 Å². The first-order valence-corrected chi connectivity index (χ1v) is 11.2. The molecule has 2 aromatic carbocycles. The van der Waals surface area contributed by atoms with E-state index in [1.165, 1.54) is 28.6 Å². The Balaban J connectivity index is 1.65. The van der Waals surface area contributed by atoms with E-state index in [9.17, 15) is 13.2 Å². The smallest absolute Gasteiger partial charge is 0.343 e. The fourth-order valence-electron chi connectivity index (χ4n) is 3.27. The number of halogens is 1. The van der Waals surface area contributed by atoms with Gasteiger partial charge in [-0.25, -0.2) is 18.2 Å². The first-order chi connectivity index (χ1) is 14.0. The molecule has 2 heterocycles. The van der Waals surface area contributed by atoms with Gasteiger partial charge < -0.3 is 4.74 Å². The quantitative estimate of drug-likeness (QED) is 0.419. The summed E-state index contributed by atoms with van der Waals surface area (Å²) in [5, 5.41) is 0. The Bertz CT molecular complexity index is 1180. The summed E-state index contributed by atoms with van der Waals surface area (Å²) in [5.74, 6) is -0.398. The molecule has 4 rings (SSSR count). The lowest BCUT2D eigenvalue weighted by Crippen LogP contribution is -2.35. The van der Waals surface area contributed by atoms with E-state index in [4.69, 9.17) is 4.74 Å². The van der Waals surface area contributed by atoms with Crippen molar-refractivity contribution in [1.29, 1.82) is 0 Å². The van der Waals surface area contributed by atoms with Crippen molar-refractivity contribution in [3.05, 3.63) is 82.6 Å². The van der Waals surface area contributed by atoms with Crippen molar-refractivity contribution < 1.29 is 17.9 Å². The van der Waals surface area contributed by atoms with Gasteiger partial charge in [0.2, 0.25) is 0 Å².